The molecule has 1 aliphatic heterocycles. The van der Waals surface area contributed by atoms with Gasteiger partial charge in [0.15, 0.2) is 0 Å². The number of hydrogen-bond donors (Lipinski definition) is 1. The maximum absolute atomic E-state index is 12.6. The minimum atomic E-state index is -3.72. The number of ether oxygens (including phenoxy) is 1. The van der Waals surface area contributed by atoms with Crippen LogP contribution in [0.1, 0.15) is 30.1 Å². The smallest absolute Gasteiger partial charge is 0.261 e. The molecule has 3 rings (SSSR count). The van der Waals surface area contributed by atoms with Gasteiger partial charge in [0.2, 0.25) is 0 Å². The van der Waals surface area contributed by atoms with E-state index >= 15 is 0 Å². The van der Waals surface area contributed by atoms with Gasteiger partial charge in [-0.2, -0.15) is 0 Å². The Kier molecular flexibility index (Phi) is 5.70. The highest BCUT2D eigenvalue weighted by Gasteiger charge is 2.22. The molecule has 0 aliphatic carbocycles. The molecule has 1 heterocycles. The van der Waals surface area contributed by atoms with E-state index in [0.717, 1.165) is 25.9 Å². The fraction of sp³-hybridized carbons (Fsp3) is 0.350. The fourth-order valence-electron chi connectivity index (χ4n) is 3.21. The zero-order valence-electron chi connectivity index (χ0n) is 15.5. The highest BCUT2D eigenvalue weighted by atomic mass is 32.2. The number of carbonyl (C=O) groups is 1. The predicted octanol–water partition coefficient (Wildman–Crippen LogP) is 3.37. The topological polar surface area (TPSA) is 75.7 Å². The second kappa shape index (κ2) is 8.00. The van der Waals surface area contributed by atoms with Crippen molar-refractivity contribution in [3.05, 3.63) is 54.1 Å². The molecule has 1 unspecified atom stereocenters. The average Bonchev–Trinajstić information content (AvgIpc) is 2.68. The lowest BCUT2D eigenvalue weighted by Crippen LogP contribution is -2.39. The van der Waals surface area contributed by atoms with Crippen molar-refractivity contribution >= 4 is 21.6 Å². The first-order chi connectivity index (χ1) is 12.9. The van der Waals surface area contributed by atoms with E-state index in [0.29, 0.717) is 22.9 Å². The summed E-state index contributed by atoms with van der Waals surface area (Å²) in [5, 5.41) is 0. The van der Waals surface area contributed by atoms with E-state index in [9.17, 15) is 13.2 Å². The number of sulfonamides is 1. The second-order valence-electron chi connectivity index (χ2n) is 6.86. The monoisotopic (exact) mass is 388 g/mol. The van der Waals surface area contributed by atoms with Crippen LogP contribution in [-0.4, -0.2) is 39.4 Å². The number of likely N-dealkylation sites (tertiary alicyclic amines) is 1. The molecule has 0 bridgehead atoms. The number of nitrogens with one attached hydrogen (secondary N) is 1. The largest absolute Gasteiger partial charge is 0.497 e. The van der Waals surface area contributed by atoms with Crippen LogP contribution in [0.2, 0.25) is 0 Å². The number of nitrogens with zero attached hydrogens (tertiary/aromatic N) is 1. The van der Waals surface area contributed by atoms with Gasteiger partial charge in [-0.3, -0.25) is 9.52 Å². The summed E-state index contributed by atoms with van der Waals surface area (Å²) in [4.78, 5) is 14.6. The molecule has 1 amide bonds. The quantitative estimate of drug-likeness (QED) is 0.852. The maximum atomic E-state index is 12.6. The summed E-state index contributed by atoms with van der Waals surface area (Å²) in [6.07, 6.45) is 2.14. The molecule has 144 valence electrons. The third kappa shape index (κ3) is 4.60. The zero-order chi connectivity index (χ0) is 19.4. The molecule has 0 spiro atoms. The Balaban J connectivity index is 1.72. The first kappa shape index (κ1) is 19.2. The standard InChI is InChI=1S/C20H24N2O4S/c1-15-4-3-13-22(14-15)20(23)16-5-11-19(12-6-16)27(24,25)21-17-7-9-18(26-2)10-8-17/h5-12,15,21H,3-4,13-14H2,1-2H3. The first-order valence-corrected chi connectivity index (χ1v) is 10.4. The third-order valence-corrected chi connectivity index (χ3v) is 6.10. The summed E-state index contributed by atoms with van der Waals surface area (Å²) < 4.78 is 32.7. The molecule has 6 nitrogen and oxygen atoms in total. The van der Waals surface area contributed by atoms with Crippen LogP contribution in [0.4, 0.5) is 5.69 Å². The lowest BCUT2D eigenvalue weighted by molar-refractivity contribution is 0.0683. The van der Waals surface area contributed by atoms with Gasteiger partial charge >= 0.3 is 0 Å². The molecule has 1 saturated heterocycles. The number of carbonyl (C=O) groups excluding carboxylic acids is 1. The van der Waals surface area contributed by atoms with Crippen molar-refractivity contribution in [1.82, 2.24) is 4.90 Å². The molecule has 1 aliphatic rings. The Morgan fingerprint density at radius 2 is 1.78 bits per heavy atom. The molecule has 1 fully saturated rings. The highest BCUT2D eigenvalue weighted by Crippen LogP contribution is 2.21. The van der Waals surface area contributed by atoms with Crippen molar-refractivity contribution in [2.75, 3.05) is 24.9 Å². The Morgan fingerprint density at radius 3 is 2.37 bits per heavy atom. The van der Waals surface area contributed by atoms with Gasteiger partial charge in [-0.1, -0.05) is 6.92 Å². The van der Waals surface area contributed by atoms with Gasteiger partial charge in [0.05, 0.1) is 12.0 Å². The Morgan fingerprint density at radius 1 is 1.11 bits per heavy atom. The molecule has 1 atom stereocenters. The molecule has 7 heteroatoms. The van der Waals surface area contributed by atoms with Crippen LogP contribution in [0.3, 0.4) is 0 Å². The minimum Gasteiger partial charge on any atom is -0.497 e. The van der Waals surface area contributed by atoms with Crippen molar-refractivity contribution in [1.29, 1.82) is 0 Å². The SMILES string of the molecule is COc1ccc(NS(=O)(=O)c2ccc(C(=O)N3CCCC(C)C3)cc2)cc1. The number of anilines is 1. The fourth-order valence-corrected chi connectivity index (χ4v) is 4.26. The van der Waals surface area contributed by atoms with E-state index in [4.69, 9.17) is 4.74 Å². The van der Waals surface area contributed by atoms with Crippen molar-refractivity contribution in [2.45, 2.75) is 24.7 Å². The minimum absolute atomic E-state index is 0.0476. The summed E-state index contributed by atoms with van der Waals surface area (Å²) in [5.41, 5.74) is 0.950. The number of hydrogen-bond acceptors (Lipinski definition) is 4. The van der Waals surface area contributed by atoms with E-state index < -0.39 is 10.0 Å². The second-order valence-corrected chi connectivity index (χ2v) is 8.54. The van der Waals surface area contributed by atoms with Crippen molar-refractivity contribution in [3.63, 3.8) is 0 Å². The van der Waals surface area contributed by atoms with Crippen LogP contribution >= 0.6 is 0 Å². The molecule has 0 radical (unpaired) electrons. The van der Waals surface area contributed by atoms with Gasteiger partial charge < -0.3 is 9.64 Å². The normalized spacial score (nSPS) is 17.4. The van der Waals surface area contributed by atoms with Crippen LogP contribution in [0.5, 0.6) is 5.75 Å². The predicted molar refractivity (Wildman–Crippen MR) is 105 cm³/mol. The van der Waals surface area contributed by atoms with Gasteiger partial charge in [0.1, 0.15) is 5.75 Å². The molecule has 1 N–H and O–H groups in total. The van der Waals surface area contributed by atoms with E-state index in [-0.39, 0.29) is 10.8 Å². The number of amides is 1. The Hall–Kier alpha value is -2.54. The van der Waals surface area contributed by atoms with E-state index in [1.165, 1.54) is 12.1 Å². The van der Waals surface area contributed by atoms with Crippen LogP contribution < -0.4 is 9.46 Å². The van der Waals surface area contributed by atoms with Gasteiger partial charge in [-0.25, -0.2) is 8.42 Å². The molecular formula is C20H24N2O4S. The average molecular weight is 388 g/mol. The Labute approximate surface area is 160 Å². The highest BCUT2D eigenvalue weighted by molar-refractivity contribution is 7.92. The lowest BCUT2D eigenvalue weighted by atomic mass is 9.99. The number of piperidine rings is 1. The van der Waals surface area contributed by atoms with Crippen LogP contribution in [-0.2, 0) is 10.0 Å². The molecule has 0 saturated carbocycles. The number of methoxy groups -OCH3 is 1. The van der Waals surface area contributed by atoms with Crippen molar-refractivity contribution in [3.8, 4) is 5.75 Å². The zero-order valence-corrected chi connectivity index (χ0v) is 16.3. The lowest BCUT2D eigenvalue weighted by Gasteiger charge is -2.31. The Bertz CT molecular complexity index is 893. The molecule has 2 aromatic carbocycles. The maximum Gasteiger partial charge on any atom is 0.261 e. The third-order valence-electron chi connectivity index (χ3n) is 4.70. The molecule has 0 aromatic heterocycles. The van der Waals surface area contributed by atoms with E-state index in [1.54, 1.807) is 43.5 Å². The molecular weight excluding hydrogens is 364 g/mol. The van der Waals surface area contributed by atoms with Gasteiger partial charge in [0, 0.05) is 24.3 Å². The van der Waals surface area contributed by atoms with Gasteiger partial charge in [-0.15, -0.1) is 0 Å². The summed E-state index contributed by atoms with van der Waals surface area (Å²) in [5.74, 6) is 1.09. The van der Waals surface area contributed by atoms with Gasteiger partial charge in [-0.05, 0) is 67.3 Å². The molecule has 27 heavy (non-hydrogen) atoms. The van der Waals surface area contributed by atoms with Gasteiger partial charge in [0.25, 0.3) is 15.9 Å². The summed E-state index contributed by atoms with van der Waals surface area (Å²) >= 11 is 0. The van der Waals surface area contributed by atoms with Crippen molar-refractivity contribution in [2.24, 2.45) is 5.92 Å². The number of benzene rings is 2. The first-order valence-electron chi connectivity index (χ1n) is 8.95. The molecule has 2 aromatic rings. The van der Waals surface area contributed by atoms with E-state index in [2.05, 4.69) is 11.6 Å². The van der Waals surface area contributed by atoms with Crippen LogP contribution in [0.25, 0.3) is 0 Å². The summed E-state index contributed by atoms with van der Waals surface area (Å²) in [7, 11) is -2.18. The van der Waals surface area contributed by atoms with Crippen LogP contribution in [0, 0.1) is 5.92 Å². The summed E-state index contributed by atoms with van der Waals surface area (Å²) in [6, 6.07) is 12.7. The van der Waals surface area contributed by atoms with Crippen molar-refractivity contribution < 1.29 is 17.9 Å². The summed E-state index contributed by atoms with van der Waals surface area (Å²) in [6.45, 7) is 3.64. The van der Waals surface area contributed by atoms with Crippen LogP contribution in [0.15, 0.2) is 53.4 Å². The van der Waals surface area contributed by atoms with E-state index in [1.807, 2.05) is 4.90 Å². The number of rotatable bonds is 5.